The molecule has 5 nitrogen and oxygen atoms in total. The van der Waals surface area contributed by atoms with Gasteiger partial charge < -0.3 is 9.63 Å². The molecule has 0 atom stereocenters. The standard InChI is InChI=1S/C14H11ClN2O3S/c1-6(2)12-11-7(14(18)19)5-8(16-13(11)20-17-12)9-3-4-10(15)21-9/h3-6H,1-2H3,(H,18,19). The maximum Gasteiger partial charge on any atom is 0.336 e. The summed E-state index contributed by atoms with van der Waals surface area (Å²) in [6, 6.07) is 5.08. The zero-order valence-corrected chi connectivity index (χ0v) is 12.8. The molecule has 0 saturated heterocycles. The highest BCUT2D eigenvalue weighted by molar-refractivity contribution is 7.19. The largest absolute Gasteiger partial charge is 0.478 e. The lowest BCUT2D eigenvalue weighted by molar-refractivity contribution is 0.0699. The molecule has 0 amide bonds. The zero-order valence-electron chi connectivity index (χ0n) is 11.3. The number of carboxylic acids is 1. The van der Waals surface area contributed by atoms with Crippen LogP contribution < -0.4 is 0 Å². The summed E-state index contributed by atoms with van der Waals surface area (Å²) in [4.78, 5) is 16.7. The summed E-state index contributed by atoms with van der Waals surface area (Å²) >= 11 is 7.25. The van der Waals surface area contributed by atoms with Gasteiger partial charge in [0.05, 0.1) is 31.6 Å². The summed E-state index contributed by atoms with van der Waals surface area (Å²) in [7, 11) is 0. The summed E-state index contributed by atoms with van der Waals surface area (Å²) in [6.07, 6.45) is 0. The van der Waals surface area contributed by atoms with Crippen LogP contribution >= 0.6 is 22.9 Å². The van der Waals surface area contributed by atoms with Gasteiger partial charge in [0.1, 0.15) is 0 Å². The summed E-state index contributed by atoms with van der Waals surface area (Å²) in [5, 5.41) is 13.9. The van der Waals surface area contributed by atoms with E-state index in [0.717, 1.165) is 4.88 Å². The third-order valence-corrected chi connectivity index (χ3v) is 4.33. The molecular formula is C14H11ClN2O3S. The number of carbonyl (C=O) groups is 1. The van der Waals surface area contributed by atoms with Gasteiger partial charge in [-0.15, -0.1) is 11.3 Å². The van der Waals surface area contributed by atoms with E-state index < -0.39 is 5.97 Å². The minimum atomic E-state index is -1.03. The third-order valence-electron chi connectivity index (χ3n) is 3.08. The van der Waals surface area contributed by atoms with Crippen LogP contribution in [0.4, 0.5) is 0 Å². The monoisotopic (exact) mass is 322 g/mol. The molecule has 0 aliphatic carbocycles. The molecule has 0 bridgehead atoms. The van der Waals surface area contributed by atoms with Gasteiger partial charge in [0, 0.05) is 0 Å². The van der Waals surface area contributed by atoms with Gasteiger partial charge in [0.2, 0.25) is 0 Å². The van der Waals surface area contributed by atoms with E-state index in [-0.39, 0.29) is 17.2 Å². The van der Waals surface area contributed by atoms with Crippen LogP contribution in [0.1, 0.15) is 35.8 Å². The van der Waals surface area contributed by atoms with Crippen molar-refractivity contribution >= 4 is 40.0 Å². The predicted octanol–water partition coefficient (Wildman–Crippen LogP) is 4.43. The molecule has 0 spiro atoms. The Morgan fingerprint density at radius 2 is 2.19 bits per heavy atom. The maximum absolute atomic E-state index is 11.6. The number of pyridine rings is 1. The topological polar surface area (TPSA) is 76.2 Å². The van der Waals surface area contributed by atoms with Gasteiger partial charge in [-0.05, 0) is 24.1 Å². The molecule has 21 heavy (non-hydrogen) atoms. The Kier molecular flexibility index (Phi) is 3.43. The highest BCUT2D eigenvalue weighted by Gasteiger charge is 2.22. The Labute approximate surface area is 129 Å². The Morgan fingerprint density at radius 3 is 2.76 bits per heavy atom. The molecular weight excluding hydrogens is 312 g/mol. The highest BCUT2D eigenvalue weighted by atomic mass is 35.5. The lowest BCUT2D eigenvalue weighted by Crippen LogP contribution is -2.01. The Bertz CT molecular complexity index is 838. The molecule has 0 aliphatic heterocycles. The molecule has 3 rings (SSSR count). The molecule has 0 aliphatic rings. The first kappa shape index (κ1) is 14.0. The van der Waals surface area contributed by atoms with E-state index in [1.807, 2.05) is 13.8 Å². The van der Waals surface area contributed by atoms with Crippen molar-refractivity contribution in [1.29, 1.82) is 0 Å². The maximum atomic E-state index is 11.6. The van der Waals surface area contributed by atoms with Crippen molar-refractivity contribution in [3.05, 3.63) is 33.8 Å². The number of hydrogen-bond acceptors (Lipinski definition) is 5. The van der Waals surface area contributed by atoms with Crippen LogP contribution in [0, 0.1) is 0 Å². The van der Waals surface area contributed by atoms with Gasteiger partial charge in [0.25, 0.3) is 5.71 Å². The Balaban J connectivity index is 2.29. The molecule has 0 radical (unpaired) electrons. The SMILES string of the molecule is CC(C)c1noc2nc(-c3ccc(Cl)s3)cc(C(=O)O)c12. The summed E-state index contributed by atoms with van der Waals surface area (Å²) in [5.41, 5.74) is 1.50. The van der Waals surface area contributed by atoms with Crippen LogP contribution in [0.3, 0.4) is 0 Å². The molecule has 108 valence electrons. The minimum Gasteiger partial charge on any atom is -0.478 e. The number of aromatic nitrogens is 2. The fourth-order valence-corrected chi connectivity index (χ4v) is 3.12. The van der Waals surface area contributed by atoms with Crippen molar-refractivity contribution in [1.82, 2.24) is 10.1 Å². The van der Waals surface area contributed by atoms with Crippen molar-refractivity contribution in [2.75, 3.05) is 0 Å². The molecule has 0 unspecified atom stereocenters. The van der Waals surface area contributed by atoms with Crippen LogP contribution in [0.5, 0.6) is 0 Å². The first-order chi connectivity index (χ1) is 9.97. The molecule has 7 heteroatoms. The summed E-state index contributed by atoms with van der Waals surface area (Å²) in [6.45, 7) is 3.85. The Morgan fingerprint density at radius 1 is 1.43 bits per heavy atom. The van der Waals surface area contributed by atoms with E-state index in [4.69, 9.17) is 16.1 Å². The molecule has 0 fully saturated rings. The van der Waals surface area contributed by atoms with Gasteiger partial charge in [-0.3, -0.25) is 0 Å². The van der Waals surface area contributed by atoms with Crippen LogP contribution in [0.15, 0.2) is 22.7 Å². The van der Waals surface area contributed by atoms with E-state index in [9.17, 15) is 9.90 Å². The summed E-state index contributed by atoms with van der Waals surface area (Å²) < 4.78 is 5.83. The second kappa shape index (κ2) is 5.13. The smallest absolute Gasteiger partial charge is 0.336 e. The lowest BCUT2D eigenvalue weighted by Gasteiger charge is -2.04. The van der Waals surface area contributed by atoms with Crippen LogP contribution in [-0.2, 0) is 0 Å². The van der Waals surface area contributed by atoms with Crippen molar-refractivity contribution in [3.63, 3.8) is 0 Å². The second-order valence-electron chi connectivity index (χ2n) is 4.87. The molecule has 1 N–H and O–H groups in total. The second-order valence-corrected chi connectivity index (χ2v) is 6.58. The first-order valence-corrected chi connectivity index (χ1v) is 7.46. The number of carboxylic acid groups (broad SMARTS) is 1. The number of halogens is 1. The number of fused-ring (bicyclic) bond motifs is 1. The fourth-order valence-electron chi connectivity index (χ4n) is 2.11. The van der Waals surface area contributed by atoms with Gasteiger partial charge in [-0.2, -0.15) is 0 Å². The number of aromatic carboxylic acids is 1. The third kappa shape index (κ3) is 2.41. The van der Waals surface area contributed by atoms with E-state index in [1.165, 1.54) is 17.4 Å². The van der Waals surface area contributed by atoms with E-state index in [0.29, 0.717) is 21.1 Å². The van der Waals surface area contributed by atoms with Crippen molar-refractivity contribution in [2.45, 2.75) is 19.8 Å². The van der Waals surface area contributed by atoms with Crippen molar-refractivity contribution in [2.24, 2.45) is 0 Å². The van der Waals surface area contributed by atoms with Gasteiger partial charge in [-0.1, -0.05) is 30.6 Å². The highest BCUT2D eigenvalue weighted by Crippen LogP contribution is 2.34. The van der Waals surface area contributed by atoms with Crippen LogP contribution in [-0.4, -0.2) is 21.2 Å². The predicted molar refractivity (Wildman–Crippen MR) is 81.2 cm³/mol. The normalized spacial score (nSPS) is 11.4. The molecule has 3 heterocycles. The number of thiophene rings is 1. The van der Waals surface area contributed by atoms with E-state index >= 15 is 0 Å². The number of rotatable bonds is 3. The van der Waals surface area contributed by atoms with Crippen molar-refractivity contribution < 1.29 is 14.4 Å². The Hall–Kier alpha value is -1.92. The van der Waals surface area contributed by atoms with E-state index in [2.05, 4.69) is 10.1 Å². The van der Waals surface area contributed by atoms with Crippen LogP contribution in [0.2, 0.25) is 4.34 Å². The fraction of sp³-hybridized carbons (Fsp3) is 0.214. The molecule has 0 aromatic carbocycles. The average Bonchev–Trinajstić information content (AvgIpc) is 3.03. The average molecular weight is 323 g/mol. The van der Waals surface area contributed by atoms with Crippen molar-refractivity contribution in [3.8, 4) is 10.6 Å². The number of nitrogens with zero attached hydrogens (tertiary/aromatic N) is 2. The zero-order chi connectivity index (χ0) is 15.1. The van der Waals surface area contributed by atoms with Gasteiger partial charge in [-0.25, -0.2) is 9.78 Å². The number of hydrogen-bond donors (Lipinski definition) is 1. The quantitative estimate of drug-likeness (QED) is 0.772. The van der Waals surface area contributed by atoms with Gasteiger partial charge >= 0.3 is 5.97 Å². The van der Waals surface area contributed by atoms with E-state index in [1.54, 1.807) is 12.1 Å². The summed E-state index contributed by atoms with van der Waals surface area (Å²) in [5.74, 6) is -0.982. The molecule has 0 saturated carbocycles. The van der Waals surface area contributed by atoms with Gasteiger partial charge in [0.15, 0.2) is 0 Å². The van der Waals surface area contributed by atoms with Crippen LogP contribution in [0.25, 0.3) is 21.7 Å². The molecule has 3 aromatic rings. The first-order valence-electron chi connectivity index (χ1n) is 6.26. The minimum absolute atomic E-state index is 0.0492. The lowest BCUT2D eigenvalue weighted by atomic mass is 10.0. The molecule has 3 aromatic heterocycles.